The van der Waals surface area contributed by atoms with Gasteiger partial charge in [0.1, 0.15) is 11.9 Å². The Balaban J connectivity index is 1.97. The van der Waals surface area contributed by atoms with Crippen LogP contribution in [0.15, 0.2) is 41.7 Å². The van der Waals surface area contributed by atoms with E-state index in [2.05, 4.69) is 9.98 Å². The standard InChI is InChI=1S/C19H22ClN3O3/c1-3-25-11-15-8-17(23-19(21)24-2)16-7-12(4-5-18(16)26-15)13-6-14(20)10-22-9-13/h4-7,9-10,15,17H,3,8,11H2,1-2H3,(H2,21,23)/t15?,17-/m1/s1. The minimum Gasteiger partial charge on any atom is -0.488 e. The zero-order valence-corrected chi connectivity index (χ0v) is 15.6. The van der Waals surface area contributed by atoms with Crippen molar-refractivity contribution < 1.29 is 14.2 Å². The second-order valence-corrected chi connectivity index (χ2v) is 6.40. The van der Waals surface area contributed by atoms with E-state index in [1.54, 1.807) is 12.4 Å². The first-order valence-electron chi connectivity index (χ1n) is 8.47. The minimum absolute atomic E-state index is 0.0838. The van der Waals surface area contributed by atoms with Gasteiger partial charge in [0, 0.05) is 36.5 Å². The third-order valence-corrected chi connectivity index (χ3v) is 4.39. The third kappa shape index (κ3) is 4.26. The maximum absolute atomic E-state index is 6.08. The van der Waals surface area contributed by atoms with Gasteiger partial charge in [-0.25, -0.2) is 4.99 Å². The van der Waals surface area contributed by atoms with Gasteiger partial charge < -0.3 is 19.9 Å². The Kier molecular flexibility index (Phi) is 5.96. The molecule has 0 saturated carbocycles. The fourth-order valence-electron chi connectivity index (χ4n) is 2.95. The predicted molar refractivity (Wildman–Crippen MR) is 102 cm³/mol. The quantitative estimate of drug-likeness (QED) is 0.638. The number of amidine groups is 1. The van der Waals surface area contributed by atoms with Gasteiger partial charge in [-0.2, -0.15) is 0 Å². The average molecular weight is 376 g/mol. The molecule has 2 heterocycles. The molecule has 1 aliphatic heterocycles. The molecule has 1 aromatic heterocycles. The first-order valence-corrected chi connectivity index (χ1v) is 8.85. The van der Waals surface area contributed by atoms with Crippen LogP contribution in [0, 0.1) is 0 Å². The zero-order chi connectivity index (χ0) is 18.5. The summed E-state index contributed by atoms with van der Waals surface area (Å²) in [5.41, 5.74) is 8.68. The van der Waals surface area contributed by atoms with Gasteiger partial charge in [-0.3, -0.25) is 4.98 Å². The largest absolute Gasteiger partial charge is 0.488 e. The molecule has 2 N–H and O–H groups in total. The topological polar surface area (TPSA) is 79.0 Å². The molecule has 1 unspecified atom stereocenters. The normalized spacial score (nSPS) is 19.6. The highest BCUT2D eigenvalue weighted by atomic mass is 35.5. The van der Waals surface area contributed by atoms with Crippen LogP contribution < -0.4 is 10.5 Å². The molecule has 138 valence electrons. The molecule has 0 bridgehead atoms. The van der Waals surface area contributed by atoms with Crippen LogP contribution in [0.5, 0.6) is 5.75 Å². The number of benzene rings is 1. The van der Waals surface area contributed by atoms with Crippen LogP contribution in [0.3, 0.4) is 0 Å². The monoisotopic (exact) mass is 375 g/mol. The summed E-state index contributed by atoms with van der Waals surface area (Å²) in [4.78, 5) is 8.65. The highest BCUT2D eigenvalue weighted by Gasteiger charge is 2.29. The SMILES string of the molecule is CCOCC1C[C@@H](N=C(N)OC)c2cc(-c3cncc(Cl)c3)ccc2O1. The van der Waals surface area contributed by atoms with Crippen molar-refractivity contribution in [3.8, 4) is 16.9 Å². The molecule has 6 nitrogen and oxygen atoms in total. The van der Waals surface area contributed by atoms with E-state index in [-0.39, 0.29) is 18.2 Å². The number of rotatable bonds is 5. The smallest absolute Gasteiger partial charge is 0.282 e. The lowest BCUT2D eigenvalue weighted by atomic mass is 9.94. The number of hydrogen-bond acceptors (Lipinski definition) is 5. The Bertz CT molecular complexity index is 797. The molecule has 0 fully saturated rings. The van der Waals surface area contributed by atoms with Gasteiger partial charge in [-0.15, -0.1) is 0 Å². The number of nitrogens with two attached hydrogens (primary N) is 1. The van der Waals surface area contributed by atoms with E-state index in [1.807, 2.05) is 31.2 Å². The second-order valence-electron chi connectivity index (χ2n) is 5.97. The average Bonchev–Trinajstić information content (AvgIpc) is 2.66. The lowest BCUT2D eigenvalue weighted by Crippen LogP contribution is -2.30. The van der Waals surface area contributed by atoms with Crippen molar-refractivity contribution in [1.82, 2.24) is 4.98 Å². The molecule has 3 rings (SSSR count). The van der Waals surface area contributed by atoms with Gasteiger partial charge in [0.05, 0.1) is 24.8 Å². The Labute approximate surface area is 158 Å². The van der Waals surface area contributed by atoms with Crippen LogP contribution in [0.4, 0.5) is 0 Å². The molecule has 1 aromatic carbocycles. The highest BCUT2D eigenvalue weighted by molar-refractivity contribution is 6.30. The molecule has 2 aromatic rings. The van der Waals surface area contributed by atoms with Gasteiger partial charge >= 0.3 is 0 Å². The van der Waals surface area contributed by atoms with E-state index in [9.17, 15) is 0 Å². The van der Waals surface area contributed by atoms with Crippen molar-refractivity contribution in [2.75, 3.05) is 20.3 Å². The fraction of sp³-hybridized carbons (Fsp3) is 0.368. The Morgan fingerprint density at radius 2 is 2.19 bits per heavy atom. The number of methoxy groups -OCH3 is 1. The molecule has 26 heavy (non-hydrogen) atoms. The lowest BCUT2D eigenvalue weighted by Gasteiger charge is -2.30. The van der Waals surface area contributed by atoms with E-state index in [4.69, 9.17) is 31.5 Å². The van der Waals surface area contributed by atoms with E-state index in [0.29, 0.717) is 24.7 Å². The molecule has 1 aliphatic rings. The van der Waals surface area contributed by atoms with Gasteiger partial charge in [-0.1, -0.05) is 17.7 Å². The second kappa shape index (κ2) is 8.38. The van der Waals surface area contributed by atoms with E-state index in [1.165, 1.54) is 7.11 Å². The summed E-state index contributed by atoms with van der Waals surface area (Å²) in [5.74, 6) is 0.775. The minimum atomic E-state index is -0.170. The fourth-order valence-corrected chi connectivity index (χ4v) is 3.12. The zero-order valence-electron chi connectivity index (χ0n) is 14.8. The number of aromatic nitrogens is 1. The Morgan fingerprint density at radius 3 is 2.92 bits per heavy atom. The molecule has 0 amide bonds. The van der Waals surface area contributed by atoms with Crippen molar-refractivity contribution >= 4 is 17.6 Å². The summed E-state index contributed by atoms with van der Waals surface area (Å²) in [6.07, 6.45) is 3.96. The number of halogens is 1. The van der Waals surface area contributed by atoms with Gasteiger partial charge in [0.15, 0.2) is 0 Å². The number of fused-ring (bicyclic) bond motifs is 1. The summed E-state index contributed by atoms with van der Waals surface area (Å²) >= 11 is 6.07. The summed E-state index contributed by atoms with van der Waals surface area (Å²) in [6, 6.07) is 7.81. The number of ether oxygens (including phenoxy) is 3. The maximum atomic E-state index is 6.08. The van der Waals surface area contributed by atoms with Crippen LogP contribution in [0.2, 0.25) is 5.02 Å². The number of nitrogens with zero attached hydrogens (tertiary/aromatic N) is 2. The molecular formula is C19H22ClN3O3. The van der Waals surface area contributed by atoms with E-state index in [0.717, 1.165) is 22.4 Å². The summed E-state index contributed by atoms with van der Waals surface area (Å²) in [6.45, 7) is 3.11. The van der Waals surface area contributed by atoms with Crippen LogP contribution in [-0.4, -0.2) is 37.4 Å². The van der Waals surface area contributed by atoms with Crippen molar-refractivity contribution in [2.24, 2.45) is 10.7 Å². The maximum Gasteiger partial charge on any atom is 0.282 e. The van der Waals surface area contributed by atoms with Crippen molar-refractivity contribution in [3.63, 3.8) is 0 Å². The van der Waals surface area contributed by atoms with E-state index < -0.39 is 0 Å². The number of aliphatic imine (C=N–C) groups is 1. The van der Waals surface area contributed by atoms with Crippen LogP contribution in [0.1, 0.15) is 24.9 Å². The van der Waals surface area contributed by atoms with Crippen LogP contribution >= 0.6 is 11.6 Å². The predicted octanol–water partition coefficient (Wildman–Crippen LogP) is 3.59. The lowest BCUT2D eigenvalue weighted by molar-refractivity contribution is 0.0403. The molecule has 0 saturated heterocycles. The van der Waals surface area contributed by atoms with Crippen molar-refractivity contribution in [2.45, 2.75) is 25.5 Å². The number of pyridine rings is 1. The summed E-state index contributed by atoms with van der Waals surface area (Å²) in [5, 5.41) is 0.589. The first kappa shape index (κ1) is 18.5. The Hall–Kier alpha value is -2.31. The van der Waals surface area contributed by atoms with Crippen molar-refractivity contribution in [3.05, 3.63) is 47.2 Å². The summed E-state index contributed by atoms with van der Waals surface area (Å²) in [7, 11) is 1.50. The third-order valence-electron chi connectivity index (χ3n) is 4.19. The van der Waals surface area contributed by atoms with Gasteiger partial charge in [-0.05, 0) is 30.7 Å². The summed E-state index contributed by atoms with van der Waals surface area (Å²) < 4.78 is 16.6. The molecular weight excluding hydrogens is 354 g/mol. The van der Waals surface area contributed by atoms with Gasteiger partial charge in [0.25, 0.3) is 6.02 Å². The van der Waals surface area contributed by atoms with Crippen LogP contribution in [-0.2, 0) is 9.47 Å². The van der Waals surface area contributed by atoms with E-state index >= 15 is 0 Å². The van der Waals surface area contributed by atoms with Crippen molar-refractivity contribution in [1.29, 1.82) is 0 Å². The molecule has 0 aliphatic carbocycles. The van der Waals surface area contributed by atoms with Gasteiger partial charge in [0.2, 0.25) is 0 Å². The molecule has 2 atom stereocenters. The molecule has 0 radical (unpaired) electrons. The number of hydrogen-bond donors (Lipinski definition) is 1. The first-order chi connectivity index (χ1) is 12.6. The molecule has 0 spiro atoms. The highest BCUT2D eigenvalue weighted by Crippen LogP contribution is 2.40. The molecule has 7 heteroatoms. The Morgan fingerprint density at radius 1 is 1.35 bits per heavy atom. The van der Waals surface area contributed by atoms with Crippen LogP contribution in [0.25, 0.3) is 11.1 Å².